The lowest BCUT2D eigenvalue weighted by molar-refractivity contribution is -0.384. The van der Waals surface area contributed by atoms with Crippen molar-refractivity contribution in [1.29, 1.82) is 0 Å². The lowest BCUT2D eigenvalue weighted by Crippen LogP contribution is -2.22. The average Bonchev–Trinajstić information content (AvgIpc) is 2.56. The molecule has 0 aliphatic heterocycles. The van der Waals surface area contributed by atoms with Crippen molar-refractivity contribution in [2.45, 2.75) is 12.8 Å². The number of nitrogen functional groups attached to an aromatic ring is 1. The molecule has 0 bridgehead atoms. The van der Waals surface area contributed by atoms with E-state index in [0.29, 0.717) is 18.9 Å². The topological polar surface area (TPSA) is 216 Å². The van der Waals surface area contributed by atoms with Gasteiger partial charge in [0.1, 0.15) is 12.4 Å². The van der Waals surface area contributed by atoms with Crippen molar-refractivity contribution in [2.24, 2.45) is 0 Å². The average molecular weight is 387 g/mol. The molecule has 11 N–H and O–H groups in total. The lowest BCUT2D eigenvalue weighted by atomic mass is 10.1. The number of nitrogens with two attached hydrogens (primary N) is 1. The van der Waals surface area contributed by atoms with E-state index in [1.807, 2.05) is 18.2 Å². The van der Waals surface area contributed by atoms with E-state index < -0.39 is 4.92 Å². The van der Waals surface area contributed by atoms with E-state index in [0.717, 1.165) is 19.4 Å². The molecule has 2 rings (SSSR count). The summed E-state index contributed by atoms with van der Waals surface area (Å²) >= 11 is 0. The summed E-state index contributed by atoms with van der Waals surface area (Å²) in [5, 5.41) is 14.1. The van der Waals surface area contributed by atoms with E-state index in [4.69, 9.17) is 10.5 Å². The molecule has 154 valence electrons. The first kappa shape index (κ1) is 29.0. The largest absolute Gasteiger partial charge is 0.490 e. The first-order valence-corrected chi connectivity index (χ1v) is 7.59. The minimum absolute atomic E-state index is 0. The Hall–Kier alpha value is -2.76. The summed E-state index contributed by atoms with van der Waals surface area (Å²) in [5.41, 5.74) is 7.00. The fourth-order valence-electron chi connectivity index (χ4n) is 2.24. The maximum Gasteiger partial charge on any atom is 0.295 e. The van der Waals surface area contributed by atoms with E-state index in [-0.39, 0.29) is 33.3 Å². The molecule has 0 spiro atoms. The molecule has 0 saturated carbocycles. The Labute approximate surface area is 157 Å². The standard InChI is InChI=1S/C17H21N3O3.4H2O/c18-17-15(20(21)22)9-4-10-16(17)23-13-12-19-11-5-8-14-6-2-1-3-7-14;;;;/h1-4,6-7,9-10,19H,5,8,11-13,18H2;4*1H2. The molecule has 0 amide bonds. The van der Waals surface area contributed by atoms with Crippen LogP contribution in [0, 0.1) is 10.1 Å². The highest BCUT2D eigenvalue weighted by Gasteiger charge is 2.14. The third kappa shape index (κ3) is 9.49. The Morgan fingerprint density at radius 1 is 0.963 bits per heavy atom. The fourth-order valence-corrected chi connectivity index (χ4v) is 2.24. The Bertz CT molecular complexity index is 642. The van der Waals surface area contributed by atoms with Crippen LogP contribution in [0.2, 0.25) is 0 Å². The third-order valence-electron chi connectivity index (χ3n) is 3.44. The van der Waals surface area contributed by atoms with Crippen molar-refractivity contribution < 1.29 is 31.6 Å². The zero-order chi connectivity index (χ0) is 16.5. The summed E-state index contributed by atoms with van der Waals surface area (Å²) in [5.74, 6) is 0.352. The van der Waals surface area contributed by atoms with Gasteiger partial charge in [-0.2, -0.15) is 0 Å². The molecule has 0 aromatic heterocycles. The molecule has 0 atom stereocenters. The predicted octanol–water partition coefficient (Wildman–Crippen LogP) is -0.521. The fraction of sp³-hybridized carbons (Fsp3) is 0.294. The van der Waals surface area contributed by atoms with Crippen LogP contribution in [-0.2, 0) is 6.42 Å². The highest BCUT2D eigenvalue weighted by Crippen LogP contribution is 2.30. The summed E-state index contributed by atoms with van der Waals surface area (Å²) in [6.45, 7) is 1.97. The van der Waals surface area contributed by atoms with Gasteiger partial charge in [-0.3, -0.25) is 10.1 Å². The second-order valence-electron chi connectivity index (χ2n) is 5.13. The van der Waals surface area contributed by atoms with E-state index >= 15 is 0 Å². The monoisotopic (exact) mass is 387 g/mol. The van der Waals surface area contributed by atoms with Crippen LogP contribution < -0.4 is 15.8 Å². The number of nitrogens with one attached hydrogen (secondary N) is 1. The normalized spacial score (nSPS) is 8.89. The van der Waals surface area contributed by atoms with E-state index in [2.05, 4.69) is 17.4 Å². The van der Waals surface area contributed by atoms with E-state index in [1.165, 1.54) is 11.6 Å². The molecule has 10 nitrogen and oxygen atoms in total. The molecular formula is C17H29N3O7. The second-order valence-corrected chi connectivity index (χ2v) is 5.13. The van der Waals surface area contributed by atoms with Crippen molar-refractivity contribution in [3.8, 4) is 5.75 Å². The summed E-state index contributed by atoms with van der Waals surface area (Å²) in [6, 6.07) is 14.9. The van der Waals surface area contributed by atoms with Gasteiger partial charge in [-0.25, -0.2) is 0 Å². The molecular weight excluding hydrogens is 358 g/mol. The van der Waals surface area contributed by atoms with Gasteiger partial charge in [0.25, 0.3) is 5.69 Å². The Balaban J connectivity index is -0.00000144. The molecule has 0 aliphatic rings. The second kappa shape index (κ2) is 15.5. The SMILES string of the molecule is Nc1c(OCCNCCCc2ccccc2)cccc1[N+](=O)[O-].O.O.O.O. The molecule has 0 unspecified atom stereocenters. The zero-order valence-corrected chi connectivity index (χ0v) is 14.9. The number of hydrogen-bond donors (Lipinski definition) is 2. The van der Waals surface area contributed by atoms with Gasteiger partial charge in [0.05, 0.1) is 4.92 Å². The maximum absolute atomic E-state index is 10.8. The van der Waals surface area contributed by atoms with Gasteiger partial charge in [0.2, 0.25) is 0 Å². The predicted molar refractivity (Wildman–Crippen MR) is 105 cm³/mol. The minimum Gasteiger partial charge on any atom is -0.490 e. The lowest BCUT2D eigenvalue weighted by Gasteiger charge is -2.09. The summed E-state index contributed by atoms with van der Waals surface area (Å²) < 4.78 is 5.50. The minimum atomic E-state index is -0.510. The van der Waals surface area contributed by atoms with Crippen molar-refractivity contribution in [3.63, 3.8) is 0 Å². The Morgan fingerprint density at radius 3 is 2.26 bits per heavy atom. The highest BCUT2D eigenvalue weighted by molar-refractivity contribution is 5.66. The van der Waals surface area contributed by atoms with Gasteiger partial charge in [-0.15, -0.1) is 0 Å². The van der Waals surface area contributed by atoms with Crippen molar-refractivity contribution in [1.82, 2.24) is 5.32 Å². The van der Waals surface area contributed by atoms with Crippen LogP contribution in [0.25, 0.3) is 0 Å². The molecule has 2 aromatic carbocycles. The number of hydrogen-bond acceptors (Lipinski definition) is 5. The van der Waals surface area contributed by atoms with Crippen LogP contribution in [0.15, 0.2) is 48.5 Å². The van der Waals surface area contributed by atoms with Gasteiger partial charge >= 0.3 is 0 Å². The van der Waals surface area contributed by atoms with Gasteiger partial charge in [-0.05, 0) is 31.0 Å². The van der Waals surface area contributed by atoms with Crippen molar-refractivity contribution in [2.75, 3.05) is 25.4 Å². The van der Waals surface area contributed by atoms with Crippen LogP contribution in [0.1, 0.15) is 12.0 Å². The van der Waals surface area contributed by atoms with Crippen LogP contribution in [0.5, 0.6) is 5.75 Å². The Kier molecular flexibility index (Phi) is 16.7. The third-order valence-corrected chi connectivity index (χ3v) is 3.44. The molecule has 0 heterocycles. The molecule has 0 fully saturated rings. The smallest absolute Gasteiger partial charge is 0.295 e. The number of para-hydroxylation sites is 1. The molecule has 2 aromatic rings. The van der Waals surface area contributed by atoms with Crippen molar-refractivity contribution in [3.05, 3.63) is 64.2 Å². The zero-order valence-electron chi connectivity index (χ0n) is 14.9. The summed E-state index contributed by atoms with van der Waals surface area (Å²) in [7, 11) is 0. The number of ether oxygens (including phenoxy) is 1. The molecule has 10 heteroatoms. The molecule has 0 saturated heterocycles. The summed E-state index contributed by atoms with van der Waals surface area (Å²) in [4.78, 5) is 10.3. The number of aryl methyl sites for hydroxylation is 1. The molecule has 27 heavy (non-hydrogen) atoms. The van der Waals surface area contributed by atoms with Crippen LogP contribution >= 0.6 is 0 Å². The van der Waals surface area contributed by atoms with E-state index in [9.17, 15) is 10.1 Å². The number of nitro groups is 1. The van der Waals surface area contributed by atoms with Crippen LogP contribution in [0.3, 0.4) is 0 Å². The van der Waals surface area contributed by atoms with Crippen LogP contribution in [-0.4, -0.2) is 46.5 Å². The number of anilines is 1. The van der Waals surface area contributed by atoms with Gasteiger partial charge in [-0.1, -0.05) is 36.4 Å². The van der Waals surface area contributed by atoms with Gasteiger partial charge in [0.15, 0.2) is 5.69 Å². The molecule has 0 aliphatic carbocycles. The number of nitro benzene ring substituents is 1. The molecule has 0 radical (unpaired) electrons. The Morgan fingerprint density at radius 2 is 1.63 bits per heavy atom. The number of benzene rings is 2. The maximum atomic E-state index is 10.8. The number of rotatable bonds is 9. The summed E-state index contributed by atoms with van der Waals surface area (Å²) in [6.07, 6.45) is 2.08. The van der Waals surface area contributed by atoms with Crippen LogP contribution in [0.4, 0.5) is 11.4 Å². The quantitative estimate of drug-likeness (QED) is 0.250. The van der Waals surface area contributed by atoms with E-state index in [1.54, 1.807) is 12.1 Å². The first-order chi connectivity index (χ1) is 11.2. The van der Waals surface area contributed by atoms with Gasteiger partial charge in [0, 0.05) is 12.6 Å². The van der Waals surface area contributed by atoms with Gasteiger partial charge < -0.3 is 37.7 Å². The first-order valence-electron chi connectivity index (χ1n) is 7.59. The van der Waals surface area contributed by atoms with Crippen molar-refractivity contribution >= 4 is 11.4 Å². The highest BCUT2D eigenvalue weighted by atomic mass is 16.6. The number of nitrogens with zero attached hydrogens (tertiary/aromatic N) is 1.